The van der Waals surface area contributed by atoms with Crippen molar-refractivity contribution in [3.63, 3.8) is 0 Å². The molecule has 6 nitrogen and oxygen atoms in total. The molecule has 1 amide bonds. The molecule has 0 aromatic heterocycles. The Kier molecular flexibility index (Phi) is 20.6. The van der Waals surface area contributed by atoms with Crippen molar-refractivity contribution in [3.05, 3.63) is 70.0 Å². The first-order chi connectivity index (χ1) is 21.6. The van der Waals surface area contributed by atoms with Crippen molar-refractivity contribution in [3.8, 4) is 0 Å². The van der Waals surface area contributed by atoms with Gasteiger partial charge in [0, 0.05) is 35.7 Å². The number of unbranched alkanes of at least 4 members (excludes halogenated alkanes) is 1. The molecule has 3 rings (SSSR count). The lowest BCUT2D eigenvalue weighted by Gasteiger charge is -2.34. The summed E-state index contributed by atoms with van der Waals surface area (Å²) in [6.45, 7) is 8.89. The Morgan fingerprint density at radius 1 is 1.31 bits per heavy atom. The minimum absolute atomic E-state index is 0.0554. The molecule has 45 heavy (non-hydrogen) atoms. The number of allylic oxidation sites excluding steroid dienone is 3. The Labute approximate surface area is 276 Å². The Bertz CT molecular complexity index is 1160. The van der Waals surface area contributed by atoms with Gasteiger partial charge >= 0.3 is 0 Å². The number of rotatable bonds is 15. The number of carbonyl (C=O) groups is 1. The van der Waals surface area contributed by atoms with Crippen molar-refractivity contribution in [1.82, 2.24) is 10.2 Å². The topological polar surface area (TPSA) is 88.8 Å². The summed E-state index contributed by atoms with van der Waals surface area (Å²) in [5.74, 6) is 1.05. The largest absolute Gasteiger partial charge is 0.393 e. The third-order valence-corrected chi connectivity index (χ3v) is 9.05. The first kappa shape index (κ1) is 40.5. The lowest BCUT2D eigenvalue weighted by molar-refractivity contribution is -0.122. The van der Waals surface area contributed by atoms with E-state index < -0.39 is 12.8 Å². The van der Waals surface area contributed by atoms with Gasteiger partial charge in [0.05, 0.1) is 36.8 Å². The van der Waals surface area contributed by atoms with Crippen LogP contribution < -0.4 is 5.32 Å². The van der Waals surface area contributed by atoms with E-state index >= 15 is 0 Å². The van der Waals surface area contributed by atoms with E-state index in [-0.39, 0.29) is 28.7 Å². The number of alkyl halides is 2. The van der Waals surface area contributed by atoms with Crippen molar-refractivity contribution in [2.75, 3.05) is 26.9 Å². The molecule has 2 heterocycles. The van der Waals surface area contributed by atoms with E-state index in [0.29, 0.717) is 50.5 Å². The highest BCUT2D eigenvalue weighted by atomic mass is 35.5. The average molecular weight is 671 g/mol. The zero-order chi connectivity index (χ0) is 33.8. The number of amidine groups is 1. The molecule has 1 aromatic rings. The van der Waals surface area contributed by atoms with Crippen LogP contribution in [0.3, 0.4) is 0 Å². The molecule has 3 N–H and O–H groups in total. The monoisotopic (exact) mass is 670 g/mol. The summed E-state index contributed by atoms with van der Waals surface area (Å²) >= 11 is 7.16. The van der Waals surface area contributed by atoms with Crippen molar-refractivity contribution in [2.45, 2.75) is 90.0 Å². The van der Waals surface area contributed by atoms with Gasteiger partial charge in [-0.3, -0.25) is 14.2 Å². The number of aliphatic hydroxyl groups excluding tert-OH is 1. The molecule has 2 aliphatic rings. The second-order valence-electron chi connectivity index (χ2n) is 10.8. The third kappa shape index (κ3) is 14.2. The zero-order valence-corrected chi connectivity index (χ0v) is 28.7. The van der Waals surface area contributed by atoms with Crippen LogP contribution in [0, 0.1) is 17.1 Å². The number of carbonyl (C=O) groups excluding carboxylic acids is 1. The minimum Gasteiger partial charge on any atom is -0.393 e. The summed E-state index contributed by atoms with van der Waals surface area (Å²) in [6.07, 6.45) is 9.58. The van der Waals surface area contributed by atoms with Gasteiger partial charge in [-0.25, -0.2) is 8.78 Å². The van der Waals surface area contributed by atoms with E-state index in [9.17, 15) is 23.1 Å². The number of hydrogen-bond acceptors (Lipinski definition) is 6. The van der Waals surface area contributed by atoms with E-state index in [1.54, 1.807) is 23.9 Å². The molecule has 4 atom stereocenters. The molecule has 1 aromatic carbocycles. The third-order valence-electron chi connectivity index (χ3n) is 7.42. The quantitative estimate of drug-likeness (QED) is 0.163. The zero-order valence-electron chi connectivity index (χ0n) is 27.2. The van der Waals surface area contributed by atoms with Crippen LogP contribution in [-0.2, 0) is 4.79 Å². The number of aliphatic imine (C=N–C) groups is 1. The van der Waals surface area contributed by atoms with E-state index in [1.807, 2.05) is 13.0 Å². The van der Waals surface area contributed by atoms with Gasteiger partial charge in [0.1, 0.15) is 18.3 Å². The van der Waals surface area contributed by atoms with Crippen LogP contribution in [-0.4, -0.2) is 71.8 Å². The first-order valence-corrected chi connectivity index (χ1v) is 16.8. The number of nitrogens with zero attached hydrogens (tertiary/aromatic N) is 2. The molecule has 1 fully saturated rings. The maximum absolute atomic E-state index is 12.7. The number of nitrogens with one attached hydrogen (secondary N) is 2. The molecule has 0 saturated carbocycles. The fraction of sp³-hybridized carbons (Fsp3) is 0.559. The van der Waals surface area contributed by atoms with Gasteiger partial charge < -0.3 is 20.7 Å². The van der Waals surface area contributed by atoms with Crippen LogP contribution >= 0.6 is 23.4 Å². The summed E-state index contributed by atoms with van der Waals surface area (Å²) in [5, 5.41) is 24.4. The second-order valence-corrected chi connectivity index (χ2v) is 12.3. The molecule has 2 aliphatic heterocycles. The van der Waals surface area contributed by atoms with Crippen LogP contribution in [0.5, 0.6) is 0 Å². The highest BCUT2D eigenvalue weighted by Gasteiger charge is 2.39. The molecule has 252 valence electrons. The molecule has 0 bridgehead atoms. The number of hydrogen-bond donors (Lipinski definition) is 3. The summed E-state index contributed by atoms with van der Waals surface area (Å²) in [5.41, 5.74) is 2.08. The predicted molar refractivity (Wildman–Crippen MR) is 184 cm³/mol. The summed E-state index contributed by atoms with van der Waals surface area (Å²) < 4.78 is 34.3. The van der Waals surface area contributed by atoms with Gasteiger partial charge in [0.2, 0.25) is 5.91 Å². The van der Waals surface area contributed by atoms with E-state index in [2.05, 4.69) is 36.4 Å². The maximum atomic E-state index is 12.7. The van der Waals surface area contributed by atoms with Gasteiger partial charge in [0.15, 0.2) is 0 Å². The highest BCUT2D eigenvalue weighted by molar-refractivity contribution is 8.03. The SMILES string of the molecule is C/C=C\SC(C1=NCC(C(=N)/C=C\CF)=C2CC(NC(=O)CCC(O)CCCC)CN12)C(C)CC.CF.Fc1cccc(Cl)c1. The minimum atomic E-state index is -0.609. The van der Waals surface area contributed by atoms with Crippen LogP contribution in [0.2, 0.25) is 5.02 Å². The van der Waals surface area contributed by atoms with Crippen LogP contribution in [0.4, 0.5) is 13.2 Å². The predicted octanol–water partition coefficient (Wildman–Crippen LogP) is 8.47. The van der Waals surface area contributed by atoms with Crippen molar-refractivity contribution in [2.24, 2.45) is 10.9 Å². The molecular formula is C34H50ClF3N4O2S. The van der Waals surface area contributed by atoms with Gasteiger partial charge in [-0.05, 0) is 55.4 Å². The smallest absolute Gasteiger partial charge is 0.220 e. The molecule has 1 saturated heterocycles. The van der Waals surface area contributed by atoms with Gasteiger partial charge in [-0.15, -0.1) is 11.8 Å². The van der Waals surface area contributed by atoms with E-state index in [1.165, 1.54) is 24.3 Å². The number of aliphatic hydroxyl groups is 1. The fourth-order valence-corrected chi connectivity index (χ4v) is 6.19. The lowest BCUT2D eigenvalue weighted by atomic mass is 10.00. The summed E-state index contributed by atoms with van der Waals surface area (Å²) in [4.78, 5) is 19.8. The first-order valence-electron chi connectivity index (χ1n) is 15.5. The van der Waals surface area contributed by atoms with Gasteiger partial charge in [-0.2, -0.15) is 0 Å². The van der Waals surface area contributed by atoms with Crippen molar-refractivity contribution in [1.29, 1.82) is 5.41 Å². The van der Waals surface area contributed by atoms with Gasteiger partial charge in [-0.1, -0.05) is 69.9 Å². The van der Waals surface area contributed by atoms with Gasteiger partial charge in [0.25, 0.3) is 0 Å². The summed E-state index contributed by atoms with van der Waals surface area (Å²) in [7, 11) is 0.500. The lowest BCUT2D eigenvalue weighted by Crippen LogP contribution is -2.44. The molecular weight excluding hydrogens is 621 g/mol. The van der Waals surface area contributed by atoms with E-state index in [4.69, 9.17) is 22.0 Å². The Morgan fingerprint density at radius 3 is 2.62 bits per heavy atom. The number of thioether (sulfide) groups is 1. The van der Waals surface area contributed by atoms with Crippen LogP contribution in [0.1, 0.15) is 72.6 Å². The summed E-state index contributed by atoms with van der Waals surface area (Å²) in [6, 6.07) is 5.72. The Morgan fingerprint density at radius 2 is 2.04 bits per heavy atom. The van der Waals surface area contributed by atoms with E-state index in [0.717, 1.165) is 42.8 Å². The Balaban J connectivity index is 0.000000864. The normalized spacial score (nSPS) is 18.0. The van der Waals surface area contributed by atoms with Crippen molar-refractivity contribution < 1.29 is 23.1 Å². The average Bonchev–Trinajstić information content (AvgIpc) is 3.46. The Hall–Kier alpha value is -2.56. The fourth-order valence-electron chi connectivity index (χ4n) is 4.91. The number of amides is 1. The highest BCUT2D eigenvalue weighted by Crippen LogP contribution is 2.35. The van der Waals surface area contributed by atoms with Crippen LogP contribution in [0.25, 0.3) is 0 Å². The number of fused-ring (bicyclic) bond motifs is 1. The molecule has 4 unspecified atom stereocenters. The molecule has 0 radical (unpaired) electrons. The number of benzene rings is 1. The molecule has 11 heteroatoms. The maximum Gasteiger partial charge on any atom is 0.220 e. The second kappa shape index (κ2) is 22.9. The molecule has 0 aliphatic carbocycles. The van der Waals surface area contributed by atoms with Crippen LogP contribution in [0.15, 0.2) is 64.2 Å². The number of halogens is 4. The standard InChI is InChI=1S/C27H43FN4O2S.C6H4ClF.CH3F/c1-5-8-10-21(33)12-13-25(34)31-20-16-24-22(23(29)11-9-14-28)17-30-27(32(24)18-20)26(19(4)7-3)35-15-6-2;7-5-2-1-3-6(8)4-5;1-2/h6,9,11,15,19-21,26,29,33H,5,7-8,10,12-14,16-18H2,1-4H3,(H,31,34);1-4H;1H3/b11-9-,15-6-,29-23?;;. The molecule has 0 spiro atoms. The van der Waals surface area contributed by atoms with Crippen molar-refractivity contribution >= 4 is 40.8 Å².